The van der Waals surface area contributed by atoms with Crippen LogP contribution in [0.1, 0.15) is 44.4 Å². The van der Waals surface area contributed by atoms with E-state index in [0.717, 1.165) is 25.7 Å². The molecule has 0 amide bonds. The summed E-state index contributed by atoms with van der Waals surface area (Å²) in [7, 11) is 0. The van der Waals surface area contributed by atoms with E-state index in [9.17, 15) is 18.3 Å². The maximum atomic E-state index is 14.1. The summed E-state index contributed by atoms with van der Waals surface area (Å²) in [6.45, 7) is 3.94. The minimum Gasteiger partial charge on any atom is -0.396 e. The summed E-state index contributed by atoms with van der Waals surface area (Å²) < 4.78 is 48.2. The van der Waals surface area contributed by atoms with E-state index in [4.69, 9.17) is 9.72 Å². The number of aromatic nitrogens is 4. The number of anilines is 2. The Bertz CT molecular complexity index is 1230. The van der Waals surface area contributed by atoms with Crippen LogP contribution in [0.15, 0.2) is 30.3 Å². The van der Waals surface area contributed by atoms with Crippen LogP contribution in [0.4, 0.5) is 24.9 Å². The van der Waals surface area contributed by atoms with Gasteiger partial charge in [0.15, 0.2) is 5.82 Å². The van der Waals surface area contributed by atoms with Crippen molar-refractivity contribution in [3.8, 4) is 5.82 Å². The second kappa shape index (κ2) is 13.6. The number of benzene rings is 1. The number of rotatable bonds is 12. The lowest BCUT2D eigenvalue weighted by atomic mass is 9.85. The highest BCUT2D eigenvalue weighted by molar-refractivity contribution is 5.78. The molecule has 2 aliphatic rings. The third-order valence-electron chi connectivity index (χ3n) is 7.90. The zero-order valence-electron chi connectivity index (χ0n) is 22.7. The Kier molecular flexibility index (Phi) is 9.71. The van der Waals surface area contributed by atoms with E-state index in [0.29, 0.717) is 92.9 Å². The summed E-state index contributed by atoms with van der Waals surface area (Å²) >= 11 is 0. The molecule has 2 aromatic heterocycles. The van der Waals surface area contributed by atoms with E-state index in [-0.39, 0.29) is 19.1 Å². The Morgan fingerprint density at radius 2 is 1.77 bits per heavy atom. The number of imidazole rings is 1. The summed E-state index contributed by atoms with van der Waals surface area (Å²) in [5.41, 5.74) is 1.05. The van der Waals surface area contributed by atoms with Crippen molar-refractivity contribution < 1.29 is 23.0 Å². The van der Waals surface area contributed by atoms with Crippen molar-refractivity contribution in [2.45, 2.75) is 44.6 Å². The number of ether oxygens (including phenoxy) is 1. The lowest BCUT2D eigenvalue weighted by molar-refractivity contribution is 0.120. The third kappa shape index (κ3) is 6.67. The average molecular weight is 562 g/mol. The van der Waals surface area contributed by atoms with Gasteiger partial charge >= 0.3 is 0 Å². The van der Waals surface area contributed by atoms with E-state index in [1.54, 1.807) is 30.3 Å². The van der Waals surface area contributed by atoms with Gasteiger partial charge in [0.2, 0.25) is 5.95 Å². The molecule has 3 aromatic rings. The van der Waals surface area contributed by atoms with Gasteiger partial charge in [0, 0.05) is 51.4 Å². The fraction of sp³-hybridized carbons (Fsp3) is 0.607. The Hall–Kier alpha value is -2.96. The standard InChI is InChI=1S/C28H38F3N7O2/c29-10-12-36(11-3-15-39)21-8-6-20(7-9-21)19-32-28-34-24(37-13-16-40-17-14-37)18-25(35-28)38-23-5-2-1-4-22(23)33-27(38)26(30)31/h1-2,4-5,18,20-21,26,39H,3,6-17,19H2,(H,32,34,35)/t20-,21-. The molecule has 0 unspecified atom stereocenters. The summed E-state index contributed by atoms with van der Waals surface area (Å²) in [5, 5.41) is 12.6. The molecule has 2 N–H and O–H groups in total. The first kappa shape index (κ1) is 28.6. The molecule has 218 valence electrons. The predicted molar refractivity (Wildman–Crippen MR) is 148 cm³/mol. The number of nitrogens with one attached hydrogen (secondary N) is 1. The summed E-state index contributed by atoms with van der Waals surface area (Å²) in [5.74, 6) is 1.43. The maximum absolute atomic E-state index is 14.1. The normalized spacial score (nSPS) is 20.1. The van der Waals surface area contributed by atoms with E-state index in [1.807, 2.05) is 0 Å². The lowest BCUT2D eigenvalue weighted by Gasteiger charge is -2.36. The van der Waals surface area contributed by atoms with Crippen molar-refractivity contribution in [2.24, 2.45) is 5.92 Å². The third-order valence-corrected chi connectivity index (χ3v) is 7.90. The van der Waals surface area contributed by atoms with Crippen molar-refractivity contribution >= 4 is 22.8 Å². The van der Waals surface area contributed by atoms with Gasteiger partial charge in [0.25, 0.3) is 6.43 Å². The molecule has 0 bridgehead atoms. The highest BCUT2D eigenvalue weighted by atomic mass is 19.3. The van der Waals surface area contributed by atoms with Crippen molar-refractivity contribution in [3.05, 3.63) is 36.2 Å². The number of alkyl halides is 3. The number of hydrogen-bond donors (Lipinski definition) is 2. The van der Waals surface area contributed by atoms with Crippen molar-refractivity contribution in [1.82, 2.24) is 24.4 Å². The molecule has 1 aliphatic carbocycles. The average Bonchev–Trinajstić information content (AvgIpc) is 3.39. The first-order valence-corrected chi connectivity index (χ1v) is 14.2. The molecule has 1 aromatic carbocycles. The van der Waals surface area contributed by atoms with Gasteiger partial charge in [-0.2, -0.15) is 9.97 Å². The summed E-state index contributed by atoms with van der Waals surface area (Å²) in [4.78, 5) is 17.9. The van der Waals surface area contributed by atoms with Gasteiger partial charge in [-0.25, -0.2) is 18.2 Å². The molecule has 0 spiro atoms. The Morgan fingerprint density at radius 3 is 2.50 bits per heavy atom. The fourth-order valence-corrected chi connectivity index (χ4v) is 5.81. The van der Waals surface area contributed by atoms with E-state index in [2.05, 4.69) is 25.1 Å². The Balaban J connectivity index is 1.35. The van der Waals surface area contributed by atoms with Gasteiger partial charge in [0.1, 0.15) is 18.3 Å². The number of halogens is 3. The van der Waals surface area contributed by atoms with Gasteiger partial charge in [0.05, 0.1) is 24.2 Å². The molecule has 2 fully saturated rings. The molecular weight excluding hydrogens is 523 g/mol. The van der Waals surface area contributed by atoms with Crippen molar-refractivity contribution in [2.75, 3.05) is 69.4 Å². The molecule has 1 saturated carbocycles. The highest BCUT2D eigenvalue weighted by Crippen LogP contribution is 2.31. The molecule has 12 heteroatoms. The van der Waals surface area contributed by atoms with Gasteiger partial charge in [-0.1, -0.05) is 12.1 Å². The van der Waals surface area contributed by atoms with Crippen LogP contribution in [0.5, 0.6) is 0 Å². The van der Waals surface area contributed by atoms with Crippen LogP contribution >= 0.6 is 0 Å². The largest absolute Gasteiger partial charge is 0.396 e. The van der Waals surface area contributed by atoms with Crippen LogP contribution < -0.4 is 10.2 Å². The van der Waals surface area contributed by atoms with Crippen LogP contribution in [0.25, 0.3) is 16.9 Å². The first-order chi connectivity index (χ1) is 19.6. The van der Waals surface area contributed by atoms with Gasteiger partial charge in [-0.3, -0.25) is 9.47 Å². The zero-order chi connectivity index (χ0) is 27.9. The highest BCUT2D eigenvalue weighted by Gasteiger charge is 2.27. The molecule has 40 heavy (non-hydrogen) atoms. The second-order valence-electron chi connectivity index (χ2n) is 10.5. The minimum atomic E-state index is -2.77. The van der Waals surface area contributed by atoms with Crippen LogP contribution in [-0.4, -0.2) is 94.8 Å². The molecule has 1 saturated heterocycles. The number of aliphatic hydroxyl groups is 1. The molecule has 0 radical (unpaired) electrons. The van der Waals surface area contributed by atoms with Crippen molar-refractivity contribution in [3.63, 3.8) is 0 Å². The quantitative estimate of drug-likeness (QED) is 0.340. The molecular formula is C28H38F3N7O2. The Morgan fingerprint density at radius 1 is 1.02 bits per heavy atom. The van der Waals surface area contributed by atoms with Crippen LogP contribution in [-0.2, 0) is 4.74 Å². The fourth-order valence-electron chi connectivity index (χ4n) is 5.81. The summed E-state index contributed by atoms with van der Waals surface area (Å²) in [6.07, 6.45) is 1.79. The zero-order valence-corrected chi connectivity index (χ0v) is 22.7. The van der Waals surface area contributed by atoms with Gasteiger partial charge in [-0.05, 0) is 50.2 Å². The van der Waals surface area contributed by atoms with E-state index >= 15 is 0 Å². The maximum Gasteiger partial charge on any atom is 0.296 e. The number of hydrogen-bond acceptors (Lipinski definition) is 8. The number of para-hydroxylation sites is 2. The molecule has 0 atom stereocenters. The molecule has 1 aliphatic heterocycles. The topological polar surface area (TPSA) is 91.6 Å². The monoisotopic (exact) mass is 561 g/mol. The number of morpholine rings is 1. The van der Waals surface area contributed by atoms with E-state index < -0.39 is 6.43 Å². The van der Waals surface area contributed by atoms with Crippen LogP contribution in [0, 0.1) is 5.92 Å². The second-order valence-corrected chi connectivity index (χ2v) is 10.5. The smallest absolute Gasteiger partial charge is 0.296 e. The number of fused-ring (bicyclic) bond motifs is 1. The number of nitrogens with zero attached hydrogens (tertiary/aromatic N) is 6. The first-order valence-electron chi connectivity index (χ1n) is 14.2. The Labute approximate surface area is 232 Å². The van der Waals surface area contributed by atoms with Gasteiger partial charge < -0.3 is 20.1 Å². The summed E-state index contributed by atoms with van der Waals surface area (Å²) in [6, 6.07) is 9.13. The van der Waals surface area contributed by atoms with Gasteiger partial charge in [-0.15, -0.1) is 0 Å². The van der Waals surface area contributed by atoms with E-state index in [1.165, 1.54) is 4.57 Å². The van der Waals surface area contributed by atoms with Crippen LogP contribution in [0.2, 0.25) is 0 Å². The van der Waals surface area contributed by atoms with Crippen LogP contribution in [0.3, 0.4) is 0 Å². The molecule has 3 heterocycles. The number of aliphatic hydroxyl groups excluding tert-OH is 1. The lowest BCUT2D eigenvalue weighted by Crippen LogP contribution is -2.41. The predicted octanol–water partition coefficient (Wildman–Crippen LogP) is 4.21. The molecule has 9 nitrogen and oxygen atoms in total. The van der Waals surface area contributed by atoms with Crippen molar-refractivity contribution in [1.29, 1.82) is 0 Å². The molecule has 5 rings (SSSR count). The SMILES string of the molecule is OCCCN(CCF)[C@H]1CC[C@H](CNc2nc(N3CCOCC3)cc(-n3c(C(F)F)nc4ccccc43)n2)CC1. The minimum absolute atomic E-state index is 0.112.